The number of rotatable bonds is 3. The standard InChI is InChI=1S/C10H23NO/c1-8(12)7-11(6)9(2)10(3,4)5/h8-9,12H,7H2,1-6H3/t8-,9?/m0/s1. The molecule has 1 N–H and O–H groups in total. The van der Waals surface area contributed by atoms with Gasteiger partial charge in [0, 0.05) is 12.6 Å². The lowest BCUT2D eigenvalue weighted by Gasteiger charge is -2.35. The summed E-state index contributed by atoms with van der Waals surface area (Å²) in [5.41, 5.74) is 0.281. The van der Waals surface area contributed by atoms with E-state index in [2.05, 4.69) is 39.6 Å². The minimum absolute atomic E-state index is 0.236. The van der Waals surface area contributed by atoms with Crippen molar-refractivity contribution in [3.63, 3.8) is 0 Å². The van der Waals surface area contributed by atoms with Crippen molar-refractivity contribution in [1.29, 1.82) is 0 Å². The molecule has 0 rings (SSSR count). The third kappa shape index (κ3) is 4.07. The second-order valence-electron chi connectivity index (χ2n) is 4.83. The predicted octanol–water partition coefficient (Wildman–Crippen LogP) is 1.73. The minimum atomic E-state index is -0.236. The predicted molar refractivity (Wildman–Crippen MR) is 53.2 cm³/mol. The fourth-order valence-electron chi connectivity index (χ4n) is 1.24. The largest absolute Gasteiger partial charge is 0.392 e. The maximum absolute atomic E-state index is 9.20. The van der Waals surface area contributed by atoms with E-state index in [9.17, 15) is 5.11 Å². The molecule has 1 unspecified atom stereocenters. The van der Waals surface area contributed by atoms with Crippen molar-refractivity contribution in [3.05, 3.63) is 0 Å². The first kappa shape index (κ1) is 11.9. The maximum atomic E-state index is 9.20. The lowest BCUT2D eigenvalue weighted by atomic mass is 9.87. The molecule has 0 saturated carbocycles. The van der Waals surface area contributed by atoms with Crippen molar-refractivity contribution in [2.75, 3.05) is 13.6 Å². The van der Waals surface area contributed by atoms with Crippen molar-refractivity contribution in [3.8, 4) is 0 Å². The van der Waals surface area contributed by atoms with E-state index in [1.165, 1.54) is 0 Å². The first-order chi connectivity index (χ1) is 5.25. The number of hydrogen-bond acceptors (Lipinski definition) is 2. The molecule has 0 heterocycles. The summed E-state index contributed by atoms with van der Waals surface area (Å²) in [6.07, 6.45) is -0.236. The van der Waals surface area contributed by atoms with E-state index in [0.717, 1.165) is 6.54 Å². The zero-order valence-corrected chi connectivity index (χ0v) is 9.26. The van der Waals surface area contributed by atoms with Gasteiger partial charge in [0.05, 0.1) is 6.10 Å². The Hall–Kier alpha value is -0.0800. The van der Waals surface area contributed by atoms with Crippen molar-refractivity contribution < 1.29 is 5.11 Å². The molecular weight excluding hydrogens is 150 g/mol. The van der Waals surface area contributed by atoms with E-state index in [4.69, 9.17) is 0 Å². The van der Waals surface area contributed by atoms with Gasteiger partial charge in [-0.25, -0.2) is 0 Å². The third-order valence-electron chi connectivity index (χ3n) is 2.47. The Kier molecular flexibility index (Phi) is 4.21. The summed E-state index contributed by atoms with van der Waals surface area (Å²) in [5, 5.41) is 9.20. The molecule has 74 valence electrons. The highest BCUT2D eigenvalue weighted by Gasteiger charge is 2.23. The van der Waals surface area contributed by atoms with Crippen LogP contribution in [-0.4, -0.2) is 35.7 Å². The average Bonchev–Trinajstić information content (AvgIpc) is 1.82. The first-order valence-corrected chi connectivity index (χ1v) is 4.63. The van der Waals surface area contributed by atoms with Crippen LogP contribution in [0.25, 0.3) is 0 Å². The van der Waals surface area contributed by atoms with Crippen LogP contribution >= 0.6 is 0 Å². The Labute approximate surface area is 76.6 Å². The van der Waals surface area contributed by atoms with E-state index < -0.39 is 0 Å². The molecule has 0 spiro atoms. The molecule has 0 aromatic carbocycles. The van der Waals surface area contributed by atoms with Crippen LogP contribution in [0.15, 0.2) is 0 Å². The molecule has 2 atom stereocenters. The van der Waals surface area contributed by atoms with Crippen LogP contribution in [0.5, 0.6) is 0 Å². The second-order valence-corrected chi connectivity index (χ2v) is 4.83. The highest BCUT2D eigenvalue weighted by molar-refractivity contribution is 4.77. The van der Waals surface area contributed by atoms with Crippen LogP contribution < -0.4 is 0 Å². The number of aliphatic hydroxyl groups excluding tert-OH is 1. The SMILES string of the molecule is CC(N(C)C[C@H](C)O)C(C)(C)C. The quantitative estimate of drug-likeness (QED) is 0.702. The van der Waals surface area contributed by atoms with Crippen LogP contribution in [0.1, 0.15) is 34.6 Å². The fourth-order valence-corrected chi connectivity index (χ4v) is 1.24. The summed E-state index contributed by atoms with van der Waals surface area (Å²) in [6, 6.07) is 0.493. The summed E-state index contributed by atoms with van der Waals surface area (Å²) < 4.78 is 0. The van der Waals surface area contributed by atoms with Gasteiger partial charge >= 0.3 is 0 Å². The van der Waals surface area contributed by atoms with E-state index in [1.54, 1.807) is 0 Å². The van der Waals surface area contributed by atoms with Crippen molar-refractivity contribution >= 4 is 0 Å². The van der Waals surface area contributed by atoms with Gasteiger partial charge in [0.15, 0.2) is 0 Å². The van der Waals surface area contributed by atoms with Crippen LogP contribution in [0.2, 0.25) is 0 Å². The van der Waals surface area contributed by atoms with Crippen molar-refractivity contribution in [2.45, 2.75) is 46.8 Å². The van der Waals surface area contributed by atoms with Crippen LogP contribution in [0, 0.1) is 5.41 Å². The molecule has 0 bridgehead atoms. The lowest BCUT2D eigenvalue weighted by Crippen LogP contribution is -2.42. The lowest BCUT2D eigenvalue weighted by molar-refractivity contribution is 0.0804. The third-order valence-corrected chi connectivity index (χ3v) is 2.47. The normalized spacial score (nSPS) is 18.0. The Balaban J connectivity index is 4.01. The number of hydrogen-bond donors (Lipinski definition) is 1. The van der Waals surface area contributed by atoms with E-state index in [0.29, 0.717) is 6.04 Å². The van der Waals surface area contributed by atoms with Crippen LogP contribution in [0.4, 0.5) is 0 Å². The molecule has 0 amide bonds. The molecule has 0 saturated heterocycles. The van der Waals surface area contributed by atoms with Gasteiger partial charge in [-0.1, -0.05) is 20.8 Å². The molecule has 0 aliphatic rings. The van der Waals surface area contributed by atoms with Crippen LogP contribution in [0.3, 0.4) is 0 Å². The number of aliphatic hydroxyl groups is 1. The van der Waals surface area contributed by atoms with Gasteiger partial charge in [0.25, 0.3) is 0 Å². The first-order valence-electron chi connectivity index (χ1n) is 4.63. The van der Waals surface area contributed by atoms with Gasteiger partial charge < -0.3 is 10.0 Å². The Morgan fingerprint density at radius 3 is 1.92 bits per heavy atom. The summed E-state index contributed by atoms with van der Waals surface area (Å²) in [5.74, 6) is 0. The maximum Gasteiger partial charge on any atom is 0.0639 e. The molecular formula is C10H23NO. The second kappa shape index (κ2) is 4.24. The van der Waals surface area contributed by atoms with Gasteiger partial charge in [0.1, 0.15) is 0 Å². The van der Waals surface area contributed by atoms with E-state index >= 15 is 0 Å². The topological polar surface area (TPSA) is 23.5 Å². The highest BCUT2D eigenvalue weighted by atomic mass is 16.3. The van der Waals surface area contributed by atoms with E-state index in [1.807, 2.05) is 6.92 Å². The summed E-state index contributed by atoms with van der Waals surface area (Å²) in [6.45, 7) is 11.4. The average molecular weight is 173 g/mol. The molecule has 12 heavy (non-hydrogen) atoms. The van der Waals surface area contributed by atoms with Gasteiger partial charge in [-0.15, -0.1) is 0 Å². The number of nitrogens with zero attached hydrogens (tertiary/aromatic N) is 1. The van der Waals surface area contributed by atoms with Gasteiger partial charge in [0.2, 0.25) is 0 Å². The van der Waals surface area contributed by atoms with Crippen molar-refractivity contribution in [1.82, 2.24) is 4.90 Å². The zero-order valence-electron chi connectivity index (χ0n) is 9.26. The minimum Gasteiger partial charge on any atom is -0.392 e. The molecule has 0 radical (unpaired) electrons. The fraction of sp³-hybridized carbons (Fsp3) is 1.00. The number of likely N-dealkylation sites (N-methyl/N-ethyl adjacent to an activating group) is 1. The summed E-state index contributed by atoms with van der Waals surface area (Å²) in [7, 11) is 2.06. The monoisotopic (exact) mass is 173 g/mol. The molecule has 0 aromatic heterocycles. The van der Waals surface area contributed by atoms with Gasteiger partial charge in [-0.05, 0) is 26.3 Å². The van der Waals surface area contributed by atoms with Gasteiger partial charge in [-0.3, -0.25) is 0 Å². The molecule has 0 aromatic rings. The molecule has 0 aliphatic heterocycles. The summed E-state index contributed by atoms with van der Waals surface area (Å²) >= 11 is 0. The van der Waals surface area contributed by atoms with E-state index in [-0.39, 0.29) is 11.5 Å². The molecule has 0 aliphatic carbocycles. The van der Waals surface area contributed by atoms with Gasteiger partial charge in [-0.2, -0.15) is 0 Å². The highest BCUT2D eigenvalue weighted by Crippen LogP contribution is 2.22. The molecule has 0 fully saturated rings. The molecule has 2 heteroatoms. The summed E-state index contributed by atoms with van der Waals surface area (Å²) in [4.78, 5) is 2.20. The Bertz CT molecular complexity index is 126. The van der Waals surface area contributed by atoms with Crippen LogP contribution in [-0.2, 0) is 0 Å². The van der Waals surface area contributed by atoms with Crippen molar-refractivity contribution in [2.24, 2.45) is 5.41 Å². The Morgan fingerprint density at radius 1 is 1.25 bits per heavy atom. The zero-order chi connectivity index (χ0) is 9.94. The molecule has 2 nitrogen and oxygen atoms in total. The smallest absolute Gasteiger partial charge is 0.0639 e. The Morgan fingerprint density at radius 2 is 1.67 bits per heavy atom.